The van der Waals surface area contributed by atoms with E-state index in [1.807, 2.05) is 13.8 Å². The van der Waals surface area contributed by atoms with Crippen molar-refractivity contribution in [2.45, 2.75) is 64.5 Å². The lowest BCUT2D eigenvalue weighted by Crippen LogP contribution is -2.47. The average Bonchev–Trinajstić information content (AvgIpc) is 2.76. The van der Waals surface area contributed by atoms with Gasteiger partial charge in [-0.3, -0.25) is 14.4 Å². The van der Waals surface area contributed by atoms with Crippen molar-refractivity contribution >= 4 is 17.8 Å². The molecule has 8 heteroatoms. The molecule has 0 aromatic carbocycles. The molecular weight excluding hydrogens is 374 g/mol. The Kier molecular flexibility index (Phi) is 7.99. The van der Waals surface area contributed by atoms with Gasteiger partial charge >= 0.3 is 5.97 Å². The second kappa shape index (κ2) is 10.2. The lowest BCUT2D eigenvalue weighted by Gasteiger charge is -2.26. The summed E-state index contributed by atoms with van der Waals surface area (Å²) in [5.74, 6) is -1.96. The van der Waals surface area contributed by atoms with E-state index < -0.39 is 29.3 Å². The number of pyridine rings is 1. The van der Waals surface area contributed by atoms with Crippen molar-refractivity contribution in [1.82, 2.24) is 15.2 Å². The van der Waals surface area contributed by atoms with Gasteiger partial charge < -0.3 is 19.9 Å². The van der Waals surface area contributed by atoms with E-state index in [0.717, 1.165) is 32.1 Å². The highest BCUT2D eigenvalue weighted by Crippen LogP contribution is 2.28. The summed E-state index contributed by atoms with van der Waals surface area (Å²) in [5.41, 5.74) is -0.876. The van der Waals surface area contributed by atoms with Crippen molar-refractivity contribution in [1.29, 1.82) is 0 Å². The number of amides is 2. The number of carbonyl (C=O) groups is 3. The van der Waals surface area contributed by atoms with Gasteiger partial charge in [-0.25, -0.2) is 4.79 Å². The zero-order valence-electron chi connectivity index (χ0n) is 17.6. The van der Waals surface area contributed by atoms with Gasteiger partial charge in [0.2, 0.25) is 5.43 Å². The van der Waals surface area contributed by atoms with E-state index >= 15 is 0 Å². The highest BCUT2D eigenvalue weighted by Gasteiger charge is 2.29. The maximum absolute atomic E-state index is 13.0. The zero-order chi connectivity index (χ0) is 21.6. The molecule has 2 rings (SSSR count). The molecule has 1 aromatic rings. The van der Waals surface area contributed by atoms with Crippen LogP contribution in [0.1, 0.15) is 79.1 Å². The fourth-order valence-electron chi connectivity index (χ4n) is 3.66. The van der Waals surface area contributed by atoms with Gasteiger partial charge in [0, 0.05) is 25.5 Å². The van der Waals surface area contributed by atoms with Gasteiger partial charge in [0.25, 0.3) is 11.8 Å². The third-order valence-electron chi connectivity index (χ3n) is 5.71. The number of rotatable bonds is 7. The largest absolute Gasteiger partial charge is 0.467 e. The molecule has 160 valence electrons. The van der Waals surface area contributed by atoms with E-state index in [1.54, 1.807) is 4.57 Å². The summed E-state index contributed by atoms with van der Waals surface area (Å²) in [6.07, 6.45) is 8.81. The van der Waals surface area contributed by atoms with Crippen molar-refractivity contribution in [2.75, 3.05) is 14.2 Å². The predicted molar refractivity (Wildman–Crippen MR) is 109 cm³/mol. The summed E-state index contributed by atoms with van der Waals surface area (Å²) < 4.78 is 6.60. The van der Waals surface area contributed by atoms with Crippen LogP contribution >= 0.6 is 0 Å². The monoisotopic (exact) mass is 405 g/mol. The van der Waals surface area contributed by atoms with Gasteiger partial charge in [-0.2, -0.15) is 0 Å². The summed E-state index contributed by atoms with van der Waals surface area (Å²) in [4.78, 5) is 50.2. The standard InChI is InChI=1S/C21H31N3O5/c1-5-13(2)17(21(28)29-4)23-20(27)16-12-24(14-9-7-6-8-10-14)11-15(18(16)25)19(26)22-3/h11-14,17H,5-10H2,1-4H3,(H,22,26)(H,23,27)/t13-,17-/m0/s1. The second-order valence-corrected chi connectivity index (χ2v) is 7.59. The van der Waals surface area contributed by atoms with Crippen LogP contribution in [0.15, 0.2) is 17.2 Å². The molecule has 0 saturated heterocycles. The smallest absolute Gasteiger partial charge is 0.328 e. The summed E-state index contributed by atoms with van der Waals surface area (Å²) >= 11 is 0. The van der Waals surface area contributed by atoms with Crippen LogP contribution in [0.25, 0.3) is 0 Å². The number of carbonyl (C=O) groups excluding carboxylic acids is 3. The van der Waals surface area contributed by atoms with Crippen molar-refractivity contribution in [3.63, 3.8) is 0 Å². The molecule has 0 unspecified atom stereocenters. The van der Waals surface area contributed by atoms with Crippen LogP contribution in [0.3, 0.4) is 0 Å². The molecule has 1 heterocycles. The minimum atomic E-state index is -0.872. The topological polar surface area (TPSA) is 107 Å². The number of hydrogen-bond acceptors (Lipinski definition) is 5. The number of ether oxygens (including phenoxy) is 1. The van der Waals surface area contributed by atoms with Gasteiger partial charge in [0.05, 0.1) is 7.11 Å². The van der Waals surface area contributed by atoms with Crippen molar-refractivity contribution < 1.29 is 19.1 Å². The maximum Gasteiger partial charge on any atom is 0.328 e. The third kappa shape index (κ3) is 5.25. The van der Waals surface area contributed by atoms with E-state index in [2.05, 4.69) is 10.6 Å². The van der Waals surface area contributed by atoms with Gasteiger partial charge in [-0.1, -0.05) is 39.5 Å². The number of hydrogen-bond donors (Lipinski definition) is 2. The van der Waals surface area contributed by atoms with Gasteiger partial charge in [-0.15, -0.1) is 0 Å². The lowest BCUT2D eigenvalue weighted by molar-refractivity contribution is -0.144. The molecule has 0 bridgehead atoms. The number of methoxy groups -OCH3 is 1. The third-order valence-corrected chi connectivity index (χ3v) is 5.71. The van der Waals surface area contributed by atoms with Gasteiger partial charge in [0.1, 0.15) is 17.2 Å². The molecule has 2 atom stereocenters. The Balaban J connectivity index is 2.45. The molecule has 1 aliphatic carbocycles. The predicted octanol–water partition coefficient (Wildman–Crippen LogP) is 2.03. The summed E-state index contributed by atoms with van der Waals surface area (Å²) in [5, 5.41) is 5.09. The first-order valence-electron chi connectivity index (χ1n) is 10.2. The molecule has 1 fully saturated rings. The Morgan fingerprint density at radius 2 is 1.72 bits per heavy atom. The Hall–Kier alpha value is -2.64. The Bertz CT molecular complexity index is 811. The molecule has 2 amide bonds. The first-order valence-corrected chi connectivity index (χ1v) is 10.2. The Morgan fingerprint density at radius 1 is 1.14 bits per heavy atom. The minimum Gasteiger partial charge on any atom is -0.467 e. The number of aromatic nitrogens is 1. The van der Waals surface area contributed by atoms with Crippen molar-refractivity contribution in [2.24, 2.45) is 5.92 Å². The molecule has 1 saturated carbocycles. The highest BCUT2D eigenvalue weighted by molar-refractivity contribution is 6.00. The van der Waals surface area contributed by atoms with Crippen LogP contribution in [-0.4, -0.2) is 42.6 Å². The lowest BCUT2D eigenvalue weighted by atomic mass is 9.94. The normalized spacial score (nSPS) is 16.6. The Labute approximate surface area is 171 Å². The molecule has 0 spiro atoms. The number of nitrogens with one attached hydrogen (secondary N) is 2. The van der Waals surface area contributed by atoms with E-state index in [1.165, 1.54) is 26.6 Å². The zero-order valence-corrected chi connectivity index (χ0v) is 17.6. The van der Waals surface area contributed by atoms with E-state index in [-0.39, 0.29) is 23.1 Å². The van der Waals surface area contributed by atoms with Crippen LogP contribution in [0.2, 0.25) is 0 Å². The Morgan fingerprint density at radius 3 is 2.24 bits per heavy atom. The SMILES string of the molecule is CC[C@H](C)[C@H](NC(=O)c1cn(C2CCCCC2)cc(C(=O)NC)c1=O)C(=O)OC. The number of nitrogens with zero attached hydrogens (tertiary/aromatic N) is 1. The molecular formula is C21H31N3O5. The molecule has 0 radical (unpaired) electrons. The fourth-order valence-corrected chi connectivity index (χ4v) is 3.66. The van der Waals surface area contributed by atoms with Crippen molar-refractivity contribution in [3.05, 3.63) is 33.7 Å². The molecule has 8 nitrogen and oxygen atoms in total. The first kappa shape index (κ1) is 22.6. The first-order chi connectivity index (χ1) is 13.8. The quantitative estimate of drug-likeness (QED) is 0.675. The molecule has 0 aliphatic heterocycles. The molecule has 29 heavy (non-hydrogen) atoms. The summed E-state index contributed by atoms with van der Waals surface area (Å²) in [6.45, 7) is 3.72. The average molecular weight is 405 g/mol. The van der Waals surface area contributed by atoms with E-state index in [0.29, 0.717) is 6.42 Å². The van der Waals surface area contributed by atoms with Crippen molar-refractivity contribution in [3.8, 4) is 0 Å². The van der Waals surface area contributed by atoms with Gasteiger partial charge in [-0.05, 0) is 18.8 Å². The summed E-state index contributed by atoms with van der Waals surface area (Å²) in [7, 11) is 2.70. The minimum absolute atomic E-state index is 0.0797. The second-order valence-electron chi connectivity index (χ2n) is 7.59. The van der Waals surface area contributed by atoms with Crippen LogP contribution in [0.4, 0.5) is 0 Å². The molecule has 1 aromatic heterocycles. The van der Waals surface area contributed by atoms with Crippen LogP contribution in [0, 0.1) is 5.92 Å². The van der Waals surface area contributed by atoms with E-state index in [4.69, 9.17) is 4.74 Å². The molecule has 1 aliphatic rings. The maximum atomic E-state index is 13.0. The fraction of sp³-hybridized carbons (Fsp3) is 0.619. The van der Waals surface area contributed by atoms with Gasteiger partial charge in [0.15, 0.2) is 0 Å². The van der Waals surface area contributed by atoms with E-state index in [9.17, 15) is 19.2 Å². The van der Waals surface area contributed by atoms with Crippen LogP contribution in [0.5, 0.6) is 0 Å². The summed E-state index contributed by atoms with van der Waals surface area (Å²) in [6, 6.07) is -0.742. The number of esters is 1. The molecule has 2 N–H and O–H groups in total. The van der Waals surface area contributed by atoms with Crippen LogP contribution < -0.4 is 16.1 Å². The van der Waals surface area contributed by atoms with Crippen LogP contribution in [-0.2, 0) is 9.53 Å². The highest BCUT2D eigenvalue weighted by atomic mass is 16.5.